The molecule has 1 radical (unpaired) electrons. The summed E-state index contributed by atoms with van der Waals surface area (Å²) in [5.41, 5.74) is 0.726. The monoisotopic (exact) mass is 432 g/mol. The van der Waals surface area contributed by atoms with Gasteiger partial charge >= 0.3 is 11.7 Å². The van der Waals surface area contributed by atoms with E-state index in [0.29, 0.717) is 29.1 Å². The molecule has 1 aromatic carbocycles. The van der Waals surface area contributed by atoms with Crippen LogP contribution in [0.25, 0.3) is 21.1 Å². The van der Waals surface area contributed by atoms with Crippen LogP contribution in [0.15, 0.2) is 46.1 Å². The maximum absolute atomic E-state index is 12.8. The molecule has 0 saturated heterocycles. The fraction of sp³-hybridized carbons (Fsp3) is 0.238. The maximum atomic E-state index is 12.8. The SMILES string of the molecule is CCCn1c(=O)n(C)c(=O)c2c(C(=O)O)c(Cc3ccnc4ccccc34)sc21.[Na]. The number of pyridine rings is 1. The molecule has 0 bridgehead atoms. The largest absolute Gasteiger partial charge is 0.478 e. The fourth-order valence-electron chi connectivity index (χ4n) is 3.63. The van der Waals surface area contributed by atoms with E-state index in [0.717, 1.165) is 21.0 Å². The van der Waals surface area contributed by atoms with Crippen molar-refractivity contribution in [1.29, 1.82) is 0 Å². The predicted octanol–water partition coefficient (Wildman–Crippen LogP) is 2.63. The summed E-state index contributed by atoms with van der Waals surface area (Å²) >= 11 is 1.21. The molecule has 0 aliphatic heterocycles. The Morgan fingerprint density at radius 1 is 1.20 bits per heavy atom. The van der Waals surface area contributed by atoms with Gasteiger partial charge < -0.3 is 5.11 Å². The van der Waals surface area contributed by atoms with E-state index >= 15 is 0 Å². The predicted molar refractivity (Wildman–Crippen MR) is 119 cm³/mol. The van der Waals surface area contributed by atoms with Gasteiger partial charge in [0.15, 0.2) is 0 Å². The number of para-hydroxylation sites is 1. The minimum absolute atomic E-state index is 0. The minimum Gasteiger partial charge on any atom is -0.478 e. The second-order valence-corrected chi connectivity index (χ2v) is 7.93. The summed E-state index contributed by atoms with van der Waals surface area (Å²) in [6, 6.07) is 9.50. The molecule has 0 spiro atoms. The molecule has 9 heteroatoms. The average molecular weight is 432 g/mol. The number of carbonyl (C=O) groups is 1. The molecular weight excluding hydrogens is 413 g/mol. The molecule has 3 heterocycles. The van der Waals surface area contributed by atoms with Gasteiger partial charge in [-0.15, -0.1) is 11.3 Å². The number of aromatic carboxylic acids is 1. The molecule has 0 atom stereocenters. The van der Waals surface area contributed by atoms with Crippen molar-refractivity contribution in [2.24, 2.45) is 7.05 Å². The van der Waals surface area contributed by atoms with Crippen LogP contribution in [0.5, 0.6) is 0 Å². The summed E-state index contributed by atoms with van der Waals surface area (Å²) in [6.45, 7) is 2.35. The number of rotatable bonds is 5. The zero-order valence-electron chi connectivity index (χ0n) is 17.0. The molecule has 0 amide bonds. The second kappa shape index (κ2) is 8.85. The Balaban J connectivity index is 0.00000256. The van der Waals surface area contributed by atoms with Gasteiger partial charge in [0.25, 0.3) is 5.56 Å². The first-order chi connectivity index (χ1) is 13.9. The van der Waals surface area contributed by atoms with E-state index in [1.54, 1.807) is 6.20 Å². The van der Waals surface area contributed by atoms with Crippen molar-refractivity contribution in [3.63, 3.8) is 0 Å². The number of carboxylic acid groups (broad SMARTS) is 1. The van der Waals surface area contributed by atoms with Gasteiger partial charge in [-0.1, -0.05) is 25.1 Å². The number of thiophene rings is 1. The van der Waals surface area contributed by atoms with Crippen LogP contribution < -0.4 is 11.2 Å². The normalized spacial score (nSPS) is 11.0. The number of aromatic nitrogens is 3. The first-order valence-corrected chi connectivity index (χ1v) is 10.1. The van der Waals surface area contributed by atoms with Crippen molar-refractivity contribution in [3.8, 4) is 0 Å². The first-order valence-electron chi connectivity index (χ1n) is 9.25. The Hall–Kier alpha value is -2.26. The zero-order chi connectivity index (χ0) is 20.7. The third-order valence-electron chi connectivity index (χ3n) is 5.00. The van der Waals surface area contributed by atoms with Crippen molar-refractivity contribution in [3.05, 3.63) is 73.4 Å². The van der Waals surface area contributed by atoms with E-state index in [2.05, 4.69) is 4.98 Å². The molecule has 4 rings (SSSR count). The van der Waals surface area contributed by atoms with Gasteiger partial charge in [0.05, 0.1) is 16.5 Å². The summed E-state index contributed by atoms with van der Waals surface area (Å²) in [6.07, 6.45) is 2.72. The van der Waals surface area contributed by atoms with Crippen LogP contribution in [0.2, 0.25) is 0 Å². The number of benzene rings is 1. The Morgan fingerprint density at radius 2 is 1.93 bits per heavy atom. The van der Waals surface area contributed by atoms with Crippen molar-refractivity contribution >= 4 is 68.0 Å². The number of nitrogens with zero attached hydrogens (tertiary/aromatic N) is 3. The average Bonchev–Trinajstić information content (AvgIpc) is 3.09. The fourth-order valence-corrected chi connectivity index (χ4v) is 4.95. The molecule has 3 aromatic heterocycles. The molecule has 0 aliphatic rings. The standard InChI is InChI=1S/C21H19N3O4S.Na/c1-3-10-24-19-17(18(25)23(2)21(24)28)16(20(26)27)15(29-19)11-12-8-9-22-14-7-5-4-6-13(12)14;/h4-9H,3,10-11H2,1-2H3,(H,26,27);. The van der Waals surface area contributed by atoms with Crippen LogP contribution in [0.3, 0.4) is 0 Å². The molecular formula is C21H19N3NaO4S. The number of aryl methyl sites for hydroxylation is 1. The maximum Gasteiger partial charge on any atom is 0.337 e. The molecule has 1 N–H and O–H groups in total. The van der Waals surface area contributed by atoms with Gasteiger partial charge in [-0.05, 0) is 24.1 Å². The second-order valence-electron chi connectivity index (χ2n) is 6.85. The summed E-state index contributed by atoms with van der Waals surface area (Å²) in [4.78, 5) is 42.8. The van der Waals surface area contributed by atoms with E-state index in [1.165, 1.54) is 23.0 Å². The topological polar surface area (TPSA) is 94.2 Å². The van der Waals surface area contributed by atoms with Crippen LogP contribution >= 0.6 is 11.3 Å². The number of hydrogen-bond donors (Lipinski definition) is 1. The van der Waals surface area contributed by atoms with Crippen LogP contribution in [0.1, 0.15) is 34.1 Å². The summed E-state index contributed by atoms with van der Waals surface area (Å²) in [5, 5.41) is 10.9. The van der Waals surface area contributed by atoms with Crippen LogP contribution in [-0.2, 0) is 20.0 Å². The van der Waals surface area contributed by atoms with Gasteiger partial charge in [0.2, 0.25) is 0 Å². The smallest absolute Gasteiger partial charge is 0.337 e. The van der Waals surface area contributed by atoms with Crippen molar-refractivity contribution in [1.82, 2.24) is 14.1 Å². The molecule has 149 valence electrons. The van der Waals surface area contributed by atoms with E-state index < -0.39 is 17.2 Å². The summed E-state index contributed by atoms with van der Waals surface area (Å²) < 4.78 is 2.49. The van der Waals surface area contributed by atoms with Crippen LogP contribution in [0, 0.1) is 0 Å². The van der Waals surface area contributed by atoms with E-state index in [4.69, 9.17) is 0 Å². The van der Waals surface area contributed by atoms with E-state index in [1.807, 2.05) is 37.3 Å². The number of carboxylic acids is 1. The molecule has 0 unspecified atom stereocenters. The van der Waals surface area contributed by atoms with Crippen LogP contribution in [-0.4, -0.2) is 54.8 Å². The molecule has 7 nitrogen and oxygen atoms in total. The third kappa shape index (κ3) is 3.65. The van der Waals surface area contributed by atoms with Crippen molar-refractivity contribution < 1.29 is 9.90 Å². The van der Waals surface area contributed by atoms with E-state index in [9.17, 15) is 19.5 Å². The van der Waals surface area contributed by atoms with Gasteiger partial charge in [0, 0.05) is 66.0 Å². The van der Waals surface area contributed by atoms with Gasteiger partial charge in [-0.2, -0.15) is 0 Å². The Kier molecular flexibility index (Phi) is 6.62. The van der Waals surface area contributed by atoms with Gasteiger partial charge in [0.1, 0.15) is 4.83 Å². The van der Waals surface area contributed by atoms with Crippen molar-refractivity contribution in [2.75, 3.05) is 0 Å². The molecule has 0 fully saturated rings. The van der Waals surface area contributed by atoms with Gasteiger partial charge in [-0.25, -0.2) is 9.59 Å². The Morgan fingerprint density at radius 3 is 2.63 bits per heavy atom. The molecule has 0 saturated carbocycles. The minimum atomic E-state index is -1.16. The Labute approximate surface area is 197 Å². The van der Waals surface area contributed by atoms with E-state index in [-0.39, 0.29) is 40.5 Å². The first kappa shape index (κ1) is 22.4. The molecule has 30 heavy (non-hydrogen) atoms. The molecule has 4 aromatic rings. The van der Waals surface area contributed by atoms with Crippen molar-refractivity contribution in [2.45, 2.75) is 26.3 Å². The Bertz CT molecular complexity index is 1380. The summed E-state index contributed by atoms with van der Waals surface area (Å²) in [5.74, 6) is -1.16. The number of fused-ring (bicyclic) bond motifs is 2. The quantitative estimate of drug-likeness (QED) is 0.490. The number of hydrogen-bond acceptors (Lipinski definition) is 5. The zero-order valence-corrected chi connectivity index (χ0v) is 19.8. The molecule has 0 aliphatic carbocycles. The third-order valence-corrected chi connectivity index (χ3v) is 6.21. The van der Waals surface area contributed by atoms with Crippen LogP contribution in [0.4, 0.5) is 0 Å². The van der Waals surface area contributed by atoms with Gasteiger partial charge in [-0.3, -0.25) is 18.9 Å². The summed E-state index contributed by atoms with van der Waals surface area (Å²) in [7, 11) is 1.38.